The van der Waals surface area contributed by atoms with Crippen molar-refractivity contribution >= 4 is 23.9 Å². The van der Waals surface area contributed by atoms with Crippen LogP contribution in [0.1, 0.15) is 18.1 Å². The maximum atomic E-state index is 12.1. The summed E-state index contributed by atoms with van der Waals surface area (Å²) in [5.74, 6) is 0.171. The molecular weight excluding hydrogens is 428 g/mol. The minimum atomic E-state index is -0.920. The number of hydrogen-bond acceptors (Lipinski definition) is 7. The molecule has 9 heteroatoms. The van der Waals surface area contributed by atoms with E-state index in [0.29, 0.717) is 17.2 Å². The molecule has 0 aliphatic heterocycles. The van der Waals surface area contributed by atoms with Crippen LogP contribution in [-0.2, 0) is 25.7 Å². The quantitative estimate of drug-likeness (QED) is 0.393. The molecule has 2 rings (SSSR count). The van der Waals surface area contributed by atoms with Crippen LogP contribution in [0.4, 0.5) is 0 Å². The van der Waals surface area contributed by atoms with Crippen molar-refractivity contribution in [3.8, 4) is 17.2 Å². The van der Waals surface area contributed by atoms with Gasteiger partial charge in [-0.1, -0.05) is 18.2 Å². The molecule has 2 N–H and O–H groups in total. The van der Waals surface area contributed by atoms with Crippen LogP contribution in [0.3, 0.4) is 0 Å². The van der Waals surface area contributed by atoms with Gasteiger partial charge in [0, 0.05) is 12.6 Å². The number of amides is 2. The Morgan fingerprint density at radius 3 is 2.27 bits per heavy atom. The summed E-state index contributed by atoms with van der Waals surface area (Å²) >= 11 is 0. The Morgan fingerprint density at radius 2 is 1.64 bits per heavy atom. The van der Waals surface area contributed by atoms with E-state index in [1.807, 2.05) is 0 Å². The van der Waals surface area contributed by atoms with Crippen LogP contribution < -0.4 is 24.8 Å². The van der Waals surface area contributed by atoms with Crippen molar-refractivity contribution < 1.29 is 33.3 Å². The number of esters is 1. The summed E-state index contributed by atoms with van der Waals surface area (Å²) in [4.78, 5) is 36.1. The van der Waals surface area contributed by atoms with Crippen molar-refractivity contribution in [3.63, 3.8) is 0 Å². The lowest BCUT2D eigenvalue weighted by atomic mass is 10.2. The molecule has 0 heterocycles. The molecule has 0 radical (unpaired) electrons. The van der Waals surface area contributed by atoms with Gasteiger partial charge in [0.1, 0.15) is 11.8 Å². The molecule has 0 saturated carbocycles. The van der Waals surface area contributed by atoms with E-state index in [1.165, 1.54) is 27.2 Å². The van der Waals surface area contributed by atoms with E-state index in [2.05, 4.69) is 10.6 Å². The summed E-state index contributed by atoms with van der Waals surface area (Å²) < 4.78 is 20.4. The molecular formula is C24H28N2O7. The molecule has 33 heavy (non-hydrogen) atoms. The van der Waals surface area contributed by atoms with Crippen molar-refractivity contribution in [2.75, 3.05) is 27.9 Å². The zero-order valence-corrected chi connectivity index (χ0v) is 19.0. The molecule has 0 unspecified atom stereocenters. The molecule has 0 saturated heterocycles. The van der Waals surface area contributed by atoms with E-state index in [4.69, 9.17) is 18.9 Å². The molecule has 2 aromatic carbocycles. The fraction of sp³-hybridized carbons (Fsp3) is 0.292. The molecule has 0 fully saturated rings. The standard InChI is InChI=1S/C24H28N2O7/c1-16(26-22(27)12-8-17-5-9-19(30-2)10-6-17)24(29)33-15-23(28)25-14-18-7-11-20(31-3)21(13-18)32-4/h5-13,16H,14-15H2,1-4H3,(H,25,28)(H,26,27)/b12-8+/t16-/m0/s1. The number of hydrogen-bond donors (Lipinski definition) is 2. The van der Waals surface area contributed by atoms with Crippen LogP contribution in [-0.4, -0.2) is 51.8 Å². The third-order valence-corrected chi connectivity index (χ3v) is 4.54. The molecule has 1 atom stereocenters. The third-order valence-electron chi connectivity index (χ3n) is 4.54. The Hall–Kier alpha value is -4.01. The van der Waals surface area contributed by atoms with Crippen molar-refractivity contribution in [1.29, 1.82) is 0 Å². The average Bonchev–Trinajstić information content (AvgIpc) is 2.84. The van der Waals surface area contributed by atoms with E-state index >= 15 is 0 Å². The number of methoxy groups -OCH3 is 3. The Kier molecular flexibility index (Phi) is 9.76. The van der Waals surface area contributed by atoms with Crippen molar-refractivity contribution in [2.24, 2.45) is 0 Å². The van der Waals surface area contributed by atoms with Gasteiger partial charge in [-0.25, -0.2) is 4.79 Å². The Bertz CT molecular complexity index is 987. The van der Waals surface area contributed by atoms with Crippen molar-refractivity contribution in [2.45, 2.75) is 19.5 Å². The highest BCUT2D eigenvalue weighted by atomic mass is 16.5. The van der Waals surface area contributed by atoms with Crippen LogP contribution >= 0.6 is 0 Å². The van der Waals surface area contributed by atoms with Crippen LogP contribution in [0.25, 0.3) is 6.08 Å². The van der Waals surface area contributed by atoms with Gasteiger partial charge in [-0.3, -0.25) is 9.59 Å². The van der Waals surface area contributed by atoms with Gasteiger partial charge in [0.2, 0.25) is 5.91 Å². The Morgan fingerprint density at radius 1 is 0.939 bits per heavy atom. The fourth-order valence-corrected chi connectivity index (χ4v) is 2.71. The minimum Gasteiger partial charge on any atom is -0.497 e. The van der Waals surface area contributed by atoms with Gasteiger partial charge in [-0.2, -0.15) is 0 Å². The zero-order chi connectivity index (χ0) is 24.2. The molecule has 0 spiro atoms. The number of benzene rings is 2. The van der Waals surface area contributed by atoms with E-state index < -0.39 is 30.4 Å². The van der Waals surface area contributed by atoms with Gasteiger partial charge >= 0.3 is 5.97 Å². The van der Waals surface area contributed by atoms with E-state index in [9.17, 15) is 14.4 Å². The van der Waals surface area contributed by atoms with Gasteiger partial charge in [0.25, 0.3) is 5.91 Å². The second-order valence-electron chi connectivity index (χ2n) is 6.91. The lowest BCUT2D eigenvalue weighted by molar-refractivity contribution is -0.151. The third kappa shape index (κ3) is 8.21. The van der Waals surface area contributed by atoms with Crippen LogP contribution in [0.5, 0.6) is 17.2 Å². The van der Waals surface area contributed by atoms with E-state index in [0.717, 1.165) is 11.1 Å². The SMILES string of the molecule is COc1ccc(/C=C/C(=O)N[C@@H](C)C(=O)OCC(=O)NCc2ccc(OC)c(OC)c2)cc1. The summed E-state index contributed by atoms with van der Waals surface area (Å²) in [6.45, 7) is 1.23. The van der Waals surface area contributed by atoms with Gasteiger partial charge < -0.3 is 29.6 Å². The highest BCUT2D eigenvalue weighted by Gasteiger charge is 2.17. The summed E-state index contributed by atoms with van der Waals surface area (Å²) in [5.41, 5.74) is 1.59. The number of rotatable bonds is 11. The first-order valence-electron chi connectivity index (χ1n) is 10.1. The van der Waals surface area contributed by atoms with Crippen LogP contribution in [0, 0.1) is 0 Å². The maximum Gasteiger partial charge on any atom is 0.328 e. The largest absolute Gasteiger partial charge is 0.497 e. The van der Waals surface area contributed by atoms with Gasteiger partial charge in [-0.05, 0) is 48.4 Å². The van der Waals surface area contributed by atoms with E-state index in [-0.39, 0.29) is 6.54 Å². The highest BCUT2D eigenvalue weighted by molar-refractivity contribution is 5.94. The lowest BCUT2D eigenvalue weighted by Gasteiger charge is -2.13. The first-order valence-corrected chi connectivity index (χ1v) is 10.1. The Labute approximate surface area is 192 Å². The van der Waals surface area contributed by atoms with Crippen molar-refractivity contribution in [3.05, 3.63) is 59.7 Å². The molecule has 0 aliphatic rings. The zero-order valence-electron chi connectivity index (χ0n) is 19.0. The van der Waals surface area contributed by atoms with E-state index in [1.54, 1.807) is 55.7 Å². The predicted octanol–water partition coefficient (Wildman–Crippen LogP) is 2.09. The summed E-state index contributed by atoms with van der Waals surface area (Å²) in [5, 5.41) is 5.14. The lowest BCUT2D eigenvalue weighted by Crippen LogP contribution is -2.40. The summed E-state index contributed by atoms with van der Waals surface area (Å²) in [7, 11) is 4.63. The molecule has 0 aliphatic carbocycles. The van der Waals surface area contributed by atoms with Gasteiger partial charge in [0.05, 0.1) is 21.3 Å². The average molecular weight is 456 g/mol. The number of nitrogens with one attached hydrogen (secondary N) is 2. The minimum absolute atomic E-state index is 0.221. The molecule has 2 amide bonds. The van der Waals surface area contributed by atoms with Crippen LogP contribution in [0.2, 0.25) is 0 Å². The van der Waals surface area contributed by atoms with Gasteiger partial charge in [-0.15, -0.1) is 0 Å². The maximum absolute atomic E-state index is 12.1. The number of ether oxygens (including phenoxy) is 4. The normalized spacial score (nSPS) is 11.4. The topological polar surface area (TPSA) is 112 Å². The molecule has 0 aromatic heterocycles. The first-order chi connectivity index (χ1) is 15.9. The number of carbonyl (C=O) groups is 3. The summed E-state index contributed by atoms with van der Waals surface area (Å²) in [6.07, 6.45) is 2.91. The molecule has 176 valence electrons. The molecule has 9 nitrogen and oxygen atoms in total. The predicted molar refractivity (Wildman–Crippen MR) is 122 cm³/mol. The smallest absolute Gasteiger partial charge is 0.328 e. The first kappa shape index (κ1) is 25.3. The summed E-state index contributed by atoms with van der Waals surface area (Å²) in [6, 6.07) is 11.5. The molecule has 0 bridgehead atoms. The van der Waals surface area contributed by atoms with Crippen molar-refractivity contribution in [1.82, 2.24) is 10.6 Å². The second-order valence-corrected chi connectivity index (χ2v) is 6.91. The highest BCUT2D eigenvalue weighted by Crippen LogP contribution is 2.27. The van der Waals surface area contributed by atoms with Crippen LogP contribution in [0.15, 0.2) is 48.5 Å². The number of carbonyl (C=O) groups excluding carboxylic acids is 3. The molecule has 2 aromatic rings. The second kappa shape index (κ2) is 12.7. The fourth-order valence-electron chi connectivity index (χ4n) is 2.71. The monoisotopic (exact) mass is 456 g/mol. The van der Waals surface area contributed by atoms with Gasteiger partial charge in [0.15, 0.2) is 18.1 Å². The Balaban J connectivity index is 1.74.